The molecule has 0 atom stereocenters. The molecule has 0 aliphatic carbocycles. The van der Waals surface area contributed by atoms with Gasteiger partial charge in [0.15, 0.2) is 5.16 Å². The van der Waals surface area contributed by atoms with Crippen LogP contribution in [0.15, 0.2) is 40.3 Å². The van der Waals surface area contributed by atoms with Gasteiger partial charge in [0.05, 0.1) is 5.75 Å². The first kappa shape index (κ1) is 15.2. The van der Waals surface area contributed by atoms with Crippen LogP contribution in [0, 0.1) is 6.92 Å². The van der Waals surface area contributed by atoms with Crippen LogP contribution in [0.1, 0.15) is 11.3 Å². The molecule has 6 nitrogen and oxygen atoms in total. The average molecular weight is 304 g/mol. The third kappa shape index (κ3) is 5.03. The van der Waals surface area contributed by atoms with Gasteiger partial charge in [-0.15, -0.1) is 10.2 Å². The maximum atomic E-state index is 11.7. The molecule has 2 aromatic rings. The summed E-state index contributed by atoms with van der Waals surface area (Å²) in [4.78, 5) is 25.6. The molecule has 0 radical (unpaired) electrons. The lowest BCUT2D eigenvalue weighted by atomic mass is 10.1. The van der Waals surface area contributed by atoms with Gasteiger partial charge in [0, 0.05) is 6.54 Å². The molecule has 2 N–H and O–H groups in total. The first-order valence-electron chi connectivity index (χ1n) is 6.52. The van der Waals surface area contributed by atoms with E-state index in [1.807, 2.05) is 30.3 Å². The number of thioether (sulfide) groups is 1. The molecule has 0 unspecified atom stereocenters. The molecule has 0 saturated heterocycles. The van der Waals surface area contributed by atoms with E-state index < -0.39 is 0 Å². The molecule has 0 saturated carbocycles. The molecule has 0 fully saturated rings. The molecular weight excluding hydrogens is 288 g/mol. The number of hydrogen-bond donors (Lipinski definition) is 2. The van der Waals surface area contributed by atoms with Gasteiger partial charge in [-0.05, 0) is 18.9 Å². The minimum Gasteiger partial charge on any atom is -0.355 e. The van der Waals surface area contributed by atoms with Crippen LogP contribution >= 0.6 is 11.8 Å². The number of amides is 1. The zero-order chi connectivity index (χ0) is 15.1. The smallest absolute Gasteiger partial charge is 0.273 e. The van der Waals surface area contributed by atoms with Crippen LogP contribution in [-0.2, 0) is 11.2 Å². The molecule has 0 spiro atoms. The van der Waals surface area contributed by atoms with Gasteiger partial charge in [0.25, 0.3) is 5.56 Å². The molecular formula is C14H16N4O2S. The Bertz CT molecular complexity index is 658. The summed E-state index contributed by atoms with van der Waals surface area (Å²) >= 11 is 1.16. The van der Waals surface area contributed by atoms with Gasteiger partial charge in [0.1, 0.15) is 5.69 Å². The van der Waals surface area contributed by atoms with Crippen molar-refractivity contribution in [1.82, 2.24) is 20.5 Å². The van der Waals surface area contributed by atoms with Gasteiger partial charge >= 0.3 is 0 Å². The Kier molecular flexibility index (Phi) is 5.51. The second-order valence-corrected chi connectivity index (χ2v) is 5.38. The maximum absolute atomic E-state index is 11.7. The van der Waals surface area contributed by atoms with Gasteiger partial charge in [-0.25, -0.2) is 0 Å². The average Bonchev–Trinajstić information content (AvgIpc) is 2.49. The standard InChI is InChI=1S/C14H16N4O2S/c1-10-13(20)16-14(18-17-10)21-9-12(19)15-8-7-11-5-3-2-4-6-11/h2-6H,7-9H2,1H3,(H,15,19)(H,16,18,20). The minimum atomic E-state index is -0.281. The number of nitrogens with zero attached hydrogens (tertiary/aromatic N) is 2. The summed E-state index contributed by atoms with van der Waals surface area (Å²) < 4.78 is 0. The van der Waals surface area contributed by atoms with E-state index in [0.29, 0.717) is 17.4 Å². The molecule has 1 heterocycles. The highest BCUT2D eigenvalue weighted by atomic mass is 32.2. The Morgan fingerprint density at radius 1 is 1.29 bits per heavy atom. The number of H-pyrrole nitrogens is 1. The lowest BCUT2D eigenvalue weighted by Crippen LogP contribution is -2.27. The second kappa shape index (κ2) is 7.58. The first-order valence-corrected chi connectivity index (χ1v) is 7.51. The van der Waals surface area contributed by atoms with Crippen molar-refractivity contribution in [3.8, 4) is 0 Å². The zero-order valence-corrected chi connectivity index (χ0v) is 12.4. The van der Waals surface area contributed by atoms with Crippen molar-refractivity contribution in [2.24, 2.45) is 0 Å². The molecule has 1 aromatic heterocycles. The van der Waals surface area contributed by atoms with Crippen LogP contribution in [-0.4, -0.2) is 33.4 Å². The summed E-state index contributed by atoms with van der Waals surface area (Å²) in [5.41, 5.74) is 1.21. The number of benzene rings is 1. The molecule has 0 aliphatic rings. The number of aryl methyl sites for hydroxylation is 1. The predicted octanol–water partition coefficient (Wildman–Crippen LogP) is 0.924. The summed E-state index contributed by atoms with van der Waals surface area (Å²) in [6.45, 7) is 2.16. The lowest BCUT2D eigenvalue weighted by molar-refractivity contribution is -0.118. The van der Waals surface area contributed by atoms with E-state index in [1.54, 1.807) is 6.92 Å². The molecule has 1 aromatic carbocycles. The summed E-state index contributed by atoms with van der Waals surface area (Å²) in [5.74, 6) is 0.0989. The summed E-state index contributed by atoms with van der Waals surface area (Å²) in [6.07, 6.45) is 0.790. The molecule has 0 aliphatic heterocycles. The van der Waals surface area contributed by atoms with Crippen LogP contribution in [0.3, 0.4) is 0 Å². The molecule has 21 heavy (non-hydrogen) atoms. The van der Waals surface area contributed by atoms with E-state index >= 15 is 0 Å². The van der Waals surface area contributed by atoms with Crippen LogP contribution in [0.25, 0.3) is 0 Å². The van der Waals surface area contributed by atoms with Gasteiger partial charge in [0.2, 0.25) is 5.91 Å². The zero-order valence-electron chi connectivity index (χ0n) is 11.6. The SMILES string of the molecule is Cc1nnc(SCC(=O)NCCc2ccccc2)[nH]c1=O. The summed E-state index contributed by atoms with van der Waals surface area (Å²) in [6, 6.07) is 9.95. The van der Waals surface area contributed by atoms with Gasteiger partial charge in [-0.1, -0.05) is 42.1 Å². The fourth-order valence-corrected chi connectivity index (χ4v) is 2.25. The van der Waals surface area contributed by atoms with Crippen LogP contribution < -0.4 is 10.9 Å². The molecule has 0 bridgehead atoms. The van der Waals surface area contributed by atoms with Crippen molar-refractivity contribution < 1.29 is 4.79 Å². The Hall–Kier alpha value is -2.15. The van der Waals surface area contributed by atoms with E-state index in [9.17, 15) is 9.59 Å². The number of carbonyl (C=O) groups excluding carboxylic acids is 1. The van der Waals surface area contributed by atoms with Gasteiger partial charge in [-0.2, -0.15) is 0 Å². The lowest BCUT2D eigenvalue weighted by Gasteiger charge is -2.05. The normalized spacial score (nSPS) is 10.3. The summed E-state index contributed by atoms with van der Waals surface area (Å²) in [7, 11) is 0. The molecule has 2 rings (SSSR count). The van der Waals surface area contributed by atoms with Crippen molar-refractivity contribution in [3.05, 3.63) is 51.9 Å². The van der Waals surface area contributed by atoms with Crippen LogP contribution in [0.4, 0.5) is 0 Å². The highest BCUT2D eigenvalue weighted by Crippen LogP contribution is 2.08. The van der Waals surface area contributed by atoms with Crippen molar-refractivity contribution in [2.75, 3.05) is 12.3 Å². The van der Waals surface area contributed by atoms with E-state index in [2.05, 4.69) is 20.5 Å². The quantitative estimate of drug-likeness (QED) is 0.775. The van der Waals surface area contributed by atoms with Crippen molar-refractivity contribution in [2.45, 2.75) is 18.5 Å². The first-order chi connectivity index (χ1) is 10.1. The highest BCUT2D eigenvalue weighted by Gasteiger charge is 2.05. The Balaban J connectivity index is 1.72. The number of rotatable bonds is 6. The van der Waals surface area contributed by atoms with Gasteiger partial charge < -0.3 is 5.32 Å². The maximum Gasteiger partial charge on any atom is 0.273 e. The van der Waals surface area contributed by atoms with E-state index in [1.165, 1.54) is 5.56 Å². The Morgan fingerprint density at radius 2 is 2.05 bits per heavy atom. The van der Waals surface area contributed by atoms with Crippen LogP contribution in [0.5, 0.6) is 0 Å². The Morgan fingerprint density at radius 3 is 2.76 bits per heavy atom. The van der Waals surface area contributed by atoms with Crippen molar-refractivity contribution in [1.29, 1.82) is 0 Å². The third-order valence-corrected chi connectivity index (χ3v) is 3.62. The Labute approximate surface area is 126 Å². The molecule has 1 amide bonds. The largest absolute Gasteiger partial charge is 0.355 e. The predicted molar refractivity (Wildman–Crippen MR) is 81.3 cm³/mol. The number of nitrogens with one attached hydrogen (secondary N) is 2. The highest BCUT2D eigenvalue weighted by molar-refractivity contribution is 7.99. The van der Waals surface area contributed by atoms with E-state index in [4.69, 9.17) is 0 Å². The van der Waals surface area contributed by atoms with Gasteiger partial charge in [-0.3, -0.25) is 14.6 Å². The van der Waals surface area contributed by atoms with E-state index in [0.717, 1.165) is 18.2 Å². The number of aromatic nitrogens is 3. The fourth-order valence-electron chi connectivity index (χ4n) is 1.62. The summed E-state index contributed by atoms with van der Waals surface area (Å²) in [5, 5.41) is 10.7. The third-order valence-electron chi connectivity index (χ3n) is 2.76. The fraction of sp³-hybridized carbons (Fsp3) is 0.286. The number of aromatic amines is 1. The van der Waals surface area contributed by atoms with Crippen molar-refractivity contribution >= 4 is 17.7 Å². The molecule has 110 valence electrons. The second-order valence-electron chi connectivity index (χ2n) is 4.42. The van der Waals surface area contributed by atoms with Crippen LogP contribution in [0.2, 0.25) is 0 Å². The number of hydrogen-bond acceptors (Lipinski definition) is 5. The van der Waals surface area contributed by atoms with E-state index in [-0.39, 0.29) is 17.2 Å². The topological polar surface area (TPSA) is 87.7 Å². The number of carbonyl (C=O) groups is 1. The monoisotopic (exact) mass is 304 g/mol. The molecule has 7 heteroatoms. The van der Waals surface area contributed by atoms with Crippen molar-refractivity contribution in [3.63, 3.8) is 0 Å². The minimum absolute atomic E-state index is 0.0980.